The van der Waals surface area contributed by atoms with Crippen LogP contribution in [-0.4, -0.2) is 58.9 Å². The Hall–Kier alpha value is -1.59. The Labute approximate surface area is 113 Å². The standard InChI is InChI=1S/C13H22N2O4/c1-4-5-9(2)15-7-10(6-11(15)16)13(19)14(3)8-12(17)18/h9-10H,4-8H2,1-3H3,(H,17,18). The van der Waals surface area contributed by atoms with E-state index in [9.17, 15) is 14.4 Å². The van der Waals surface area contributed by atoms with E-state index in [0.29, 0.717) is 6.54 Å². The van der Waals surface area contributed by atoms with Gasteiger partial charge in [-0.1, -0.05) is 13.3 Å². The van der Waals surface area contributed by atoms with Gasteiger partial charge in [-0.25, -0.2) is 0 Å². The summed E-state index contributed by atoms with van der Waals surface area (Å²) in [6, 6.07) is 0.139. The first-order chi connectivity index (χ1) is 8.86. The molecule has 1 rings (SSSR count). The highest BCUT2D eigenvalue weighted by molar-refractivity contribution is 5.90. The van der Waals surface area contributed by atoms with Gasteiger partial charge in [0.05, 0.1) is 5.92 Å². The number of carboxylic acids is 1. The molecule has 0 saturated carbocycles. The zero-order valence-electron chi connectivity index (χ0n) is 11.8. The zero-order valence-corrected chi connectivity index (χ0v) is 11.8. The topological polar surface area (TPSA) is 77.9 Å². The Morgan fingerprint density at radius 2 is 2.16 bits per heavy atom. The highest BCUT2D eigenvalue weighted by Gasteiger charge is 2.37. The summed E-state index contributed by atoms with van der Waals surface area (Å²) < 4.78 is 0. The van der Waals surface area contributed by atoms with E-state index in [0.717, 1.165) is 12.8 Å². The van der Waals surface area contributed by atoms with Crippen LogP contribution >= 0.6 is 0 Å². The molecule has 0 radical (unpaired) electrons. The smallest absolute Gasteiger partial charge is 0.323 e. The molecule has 2 atom stereocenters. The molecule has 108 valence electrons. The summed E-state index contributed by atoms with van der Waals surface area (Å²) in [5.74, 6) is -1.72. The van der Waals surface area contributed by atoms with Crippen LogP contribution in [0.5, 0.6) is 0 Å². The lowest BCUT2D eigenvalue weighted by molar-refractivity contribution is -0.145. The molecule has 1 N–H and O–H groups in total. The molecule has 6 nitrogen and oxygen atoms in total. The molecule has 1 fully saturated rings. The number of rotatable bonds is 6. The fraction of sp³-hybridized carbons (Fsp3) is 0.769. The zero-order chi connectivity index (χ0) is 14.6. The largest absolute Gasteiger partial charge is 0.480 e. The summed E-state index contributed by atoms with van der Waals surface area (Å²) in [6.45, 7) is 4.12. The predicted molar refractivity (Wildman–Crippen MR) is 69.5 cm³/mol. The van der Waals surface area contributed by atoms with Gasteiger partial charge in [-0.05, 0) is 13.3 Å². The summed E-state index contributed by atoms with van der Waals surface area (Å²) in [7, 11) is 1.46. The van der Waals surface area contributed by atoms with E-state index in [1.165, 1.54) is 11.9 Å². The Balaban J connectivity index is 2.61. The van der Waals surface area contributed by atoms with Crippen molar-refractivity contribution in [2.45, 2.75) is 39.2 Å². The van der Waals surface area contributed by atoms with Gasteiger partial charge in [0.2, 0.25) is 11.8 Å². The van der Waals surface area contributed by atoms with E-state index < -0.39 is 11.9 Å². The molecule has 0 aromatic heterocycles. The maximum atomic E-state index is 12.0. The maximum absolute atomic E-state index is 12.0. The number of likely N-dealkylation sites (N-methyl/N-ethyl adjacent to an activating group) is 1. The number of likely N-dealkylation sites (tertiary alicyclic amines) is 1. The molecule has 0 aliphatic carbocycles. The van der Waals surface area contributed by atoms with Crippen molar-refractivity contribution < 1.29 is 19.5 Å². The first-order valence-corrected chi connectivity index (χ1v) is 6.63. The fourth-order valence-electron chi connectivity index (χ4n) is 2.49. The van der Waals surface area contributed by atoms with Crippen LogP contribution in [0, 0.1) is 5.92 Å². The lowest BCUT2D eigenvalue weighted by Crippen LogP contribution is -2.39. The molecule has 1 aliphatic heterocycles. The summed E-state index contributed by atoms with van der Waals surface area (Å²) in [4.78, 5) is 37.4. The second-order valence-corrected chi connectivity index (χ2v) is 5.17. The molecule has 0 aromatic rings. The third-order valence-corrected chi connectivity index (χ3v) is 3.49. The Morgan fingerprint density at radius 3 is 2.68 bits per heavy atom. The van der Waals surface area contributed by atoms with Crippen molar-refractivity contribution in [1.82, 2.24) is 9.80 Å². The van der Waals surface area contributed by atoms with Gasteiger partial charge < -0.3 is 14.9 Å². The second-order valence-electron chi connectivity index (χ2n) is 5.17. The van der Waals surface area contributed by atoms with Gasteiger partial charge in [0.1, 0.15) is 6.54 Å². The lowest BCUT2D eigenvalue weighted by Gasteiger charge is -2.25. The molecule has 0 aromatic carbocycles. The van der Waals surface area contributed by atoms with E-state index in [4.69, 9.17) is 5.11 Å². The number of aliphatic carboxylic acids is 1. The van der Waals surface area contributed by atoms with Crippen molar-refractivity contribution >= 4 is 17.8 Å². The molecule has 1 aliphatic rings. The van der Waals surface area contributed by atoms with Crippen molar-refractivity contribution in [3.05, 3.63) is 0 Å². The quantitative estimate of drug-likeness (QED) is 0.765. The average Bonchev–Trinajstić information content (AvgIpc) is 2.69. The monoisotopic (exact) mass is 270 g/mol. The molecule has 6 heteroatoms. The van der Waals surface area contributed by atoms with Crippen LogP contribution in [0.15, 0.2) is 0 Å². The number of hydrogen-bond acceptors (Lipinski definition) is 3. The number of amides is 2. The van der Waals surface area contributed by atoms with Crippen LogP contribution in [-0.2, 0) is 14.4 Å². The van der Waals surface area contributed by atoms with Crippen molar-refractivity contribution in [3.63, 3.8) is 0 Å². The number of carbonyl (C=O) groups is 3. The Morgan fingerprint density at radius 1 is 1.53 bits per heavy atom. The minimum atomic E-state index is -1.05. The number of nitrogens with zero attached hydrogens (tertiary/aromatic N) is 2. The van der Waals surface area contributed by atoms with E-state index in [1.807, 2.05) is 6.92 Å². The van der Waals surface area contributed by atoms with Gasteiger partial charge in [0.25, 0.3) is 0 Å². The molecule has 2 unspecified atom stereocenters. The Bertz CT molecular complexity index is 370. The van der Waals surface area contributed by atoms with Gasteiger partial charge in [-0.3, -0.25) is 14.4 Å². The average molecular weight is 270 g/mol. The third-order valence-electron chi connectivity index (χ3n) is 3.49. The molecule has 2 amide bonds. The summed E-state index contributed by atoms with van der Waals surface area (Å²) >= 11 is 0. The van der Waals surface area contributed by atoms with Gasteiger partial charge in [0.15, 0.2) is 0 Å². The van der Waals surface area contributed by atoms with Crippen LogP contribution in [0.1, 0.15) is 33.1 Å². The highest BCUT2D eigenvalue weighted by atomic mass is 16.4. The van der Waals surface area contributed by atoms with Gasteiger partial charge in [-0.15, -0.1) is 0 Å². The first-order valence-electron chi connectivity index (χ1n) is 6.63. The SMILES string of the molecule is CCCC(C)N1CC(C(=O)N(C)CC(=O)O)CC1=O. The molecular weight excluding hydrogens is 248 g/mol. The Kier molecular flexibility index (Phi) is 5.32. The third kappa shape index (κ3) is 3.94. The predicted octanol–water partition coefficient (Wildman–Crippen LogP) is 0.566. The number of hydrogen-bond donors (Lipinski definition) is 1. The number of carboxylic acid groups (broad SMARTS) is 1. The molecule has 0 spiro atoms. The van der Waals surface area contributed by atoms with Gasteiger partial charge in [-0.2, -0.15) is 0 Å². The molecule has 1 saturated heterocycles. The van der Waals surface area contributed by atoms with Gasteiger partial charge >= 0.3 is 5.97 Å². The fourth-order valence-corrected chi connectivity index (χ4v) is 2.49. The van der Waals surface area contributed by atoms with Crippen LogP contribution < -0.4 is 0 Å². The molecule has 1 heterocycles. The normalized spacial score (nSPS) is 20.5. The van der Waals surface area contributed by atoms with Crippen LogP contribution in [0.2, 0.25) is 0 Å². The van der Waals surface area contributed by atoms with Crippen LogP contribution in [0.25, 0.3) is 0 Å². The van der Waals surface area contributed by atoms with E-state index in [2.05, 4.69) is 6.92 Å². The first kappa shape index (κ1) is 15.5. The van der Waals surface area contributed by atoms with Crippen molar-refractivity contribution in [2.24, 2.45) is 5.92 Å². The summed E-state index contributed by atoms with van der Waals surface area (Å²) in [6.07, 6.45) is 2.09. The van der Waals surface area contributed by atoms with Gasteiger partial charge in [0, 0.05) is 26.1 Å². The van der Waals surface area contributed by atoms with Crippen molar-refractivity contribution in [1.29, 1.82) is 0 Å². The minimum Gasteiger partial charge on any atom is -0.480 e. The van der Waals surface area contributed by atoms with E-state index >= 15 is 0 Å². The van der Waals surface area contributed by atoms with E-state index in [1.54, 1.807) is 4.90 Å². The van der Waals surface area contributed by atoms with Crippen molar-refractivity contribution in [3.8, 4) is 0 Å². The van der Waals surface area contributed by atoms with Crippen molar-refractivity contribution in [2.75, 3.05) is 20.1 Å². The second kappa shape index (κ2) is 6.54. The lowest BCUT2D eigenvalue weighted by atomic mass is 10.1. The summed E-state index contributed by atoms with van der Waals surface area (Å²) in [5.41, 5.74) is 0. The molecule has 0 bridgehead atoms. The number of carbonyl (C=O) groups excluding carboxylic acids is 2. The maximum Gasteiger partial charge on any atom is 0.323 e. The molecular formula is C13H22N2O4. The van der Waals surface area contributed by atoms with Crippen LogP contribution in [0.3, 0.4) is 0 Å². The van der Waals surface area contributed by atoms with E-state index in [-0.39, 0.29) is 30.8 Å². The van der Waals surface area contributed by atoms with Crippen LogP contribution in [0.4, 0.5) is 0 Å². The molecule has 19 heavy (non-hydrogen) atoms. The minimum absolute atomic E-state index is 0.0111. The highest BCUT2D eigenvalue weighted by Crippen LogP contribution is 2.23. The summed E-state index contributed by atoms with van der Waals surface area (Å²) in [5, 5.41) is 8.67.